The molecular weight excluding hydrogens is 340 g/mol. The van der Waals surface area contributed by atoms with Crippen LogP contribution in [0.4, 0.5) is 4.79 Å². The zero-order chi connectivity index (χ0) is 19.4. The molecule has 8 heteroatoms. The Balaban J connectivity index is 2.41. The maximum Gasteiger partial charge on any atom is 0.404 e. The molecule has 1 aromatic rings. The summed E-state index contributed by atoms with van der Waals surface area (Å²) in [6.45, 7) is 1.65. The maximum absolute atomic E-state index is 12.1. The number of ether oxygens (including phenoxy) is 1. The number of aliphatic hydroxyl groups is 1. The molecule has 1 aromatic carbocycles. The minimum atomic E-state index is -1.11. The van der Waals surface area contributed by atoms with Crippen molar-refractivity contribution in [3.05, 3.63) is 35.9 Å². The lowest BCUT2D eigenvalue weighted by Gasteiger charge is -2.18. The predicted octanol–water partition coefficient (Wildman–Crippen LogP) is 0.933. The third kappa shape index (κ3) is 9.14. The third-order valence-corrected chi connectivity index (χ3v) is 3.72. The molecule has 0 radical (unpaired) electrons. The normalized spacial score (nSPS) is 12.8. The summed E-state index contributed by atoms with van der Waals surface area (Å²) in [7, 11) is 0. The molecule has 1 rings (SSSR count). The van der Waals surface area contributed by atoms with Crippen LogP contribution in [0.1, 0.15) is 25.3 Å². The van der Waals surface area contributed by atoms with Gasteiger partial charge in [-0.2, -0.15) is 0 Å². The second-order valence-corrected chi connectivity index (χ2v) is 6.08. The van der Waals surface area contributed by atoms with Crippen molar-refractivity contribution in [1.82, 2.24) is 10.6 Å². The number of carboxylic acid groups (broad SMARTS) is 1. The van der Waals surface area contributed by atoms with Gasteiger partial charge < -0.3 is 25.6 Å². The molecule has 2 amide bonds. The lowest BCUT2D eigenvalue weighted by molar-refractivity contribution is -0.131. The van der Waals surface area contributed by atoms with Crippen LogP contribution in [0, 0.1) is 5.92 Å². The summed E-state index contributed by atoms with van der Waals surface area (Å²) >= 11 is 0. The molecular formula is C18H26N2O6. The molecule has 4 N–H and O–H groups in total. The first kappa shape index (κ1) is 21.6. The van der Waals surface area contributed by atoms with E-state index >= 15 is 0 Å². The van der Waals surface area contributed by atoms with Crippen LogP contribution in [0.3, 0.4) is 0 Å². The van der Waals surface area contributed by atoms with Gasteiger partial charge in [0.15, 0.2) is 5.78 Å². The van der Waals surface area contributed by atoms with Gasteiger partial charge in [-0.15, -0.1) is 0 Å². The number of ketones is 1. The number of hydrogen-bond donors (Lipinski definition) is 4. The highest BCUT2D eigenvalue weighted by atomic mass is 16.5. The van der Waals surface area contributed by atoms with Gasteiger partial charge in [0.05, 0.1) is 13.2 Å². The minimum Gasteiger partial charge on any atom is -0.465 e. The summed E-state index contributed by atoms with van der Waals surface area (Å²) in [5, 5.41) is 22.4. The van der Waals surface area contributed by atoms with Crippen molar-refractivity contribution in [3.63, 3.8) is 0 Å². The zero-order valence-corrected chi connectivity index (χ0v) is 14.8. The van der Waals surface area contributed by atoms with E-state index < -0.39 is 24.5 Å². The van der Waals surface area contributed by atoms with Crippen LogP contribution in [-0.4, -0.2) is 53.8 Å². The zero-order valence-electron chi connectivity index (χ0n) is 14.8. The number of aliphatic hydroxyl groups excluding tert-OH is 1. The quantitative estimate of drug-likeness (QED) is 0.436. The molecule has 0 saturated carbocycles. The van der Waals surface area contributed by atoms with Gasteiger partial charge in [0, 0.05) is 13.0 Å². The van der Waals surface area contributed by atoms with Gasteiger partial charge in [0.2, 0.25) is 5.91 Å². The highest BCUT2D eigenvalue weighted by molar-refractivity contribution is 5.89. The number of hydrogen-bond acceptors (Lipinski definition) is 5. The first-order valence-corrected chi connectivity index (χ1v) is 8.43. The van der Waals surface area contributed by atoms with Crippen molar-refractivity contribution < 1.29 is 29.3 Å². The Kier molecular flexibility index (Phi) is 9.96. The van der Waals surface area contributed by atoms with E-state index in [1.807, 2.05) is 37.3 Å². The predicted molar refractivity (Wildman–Crippen MR) is 94.5 cm³/mol. The standard InChI is InChI=1S/C18H26N2O6/c1-13(7-8-19-18(24)25)9-17(23)20-15(16(22)10-21)12-26-11-14-5-3-2-4-6-14/h2-6,13,15,19,21H,7-12H2,1H3,(H,20,23)(H,24,25). The molecule has 26 heavy (non-hydrogen) atoms. The van der Waals surface area contributed by atoms with Crippen LogP contribution in [0.15, 0.2) is 30.3 Å². The number of rotatable bonds is 12. The van der Waals surface area contributed by atoms with E-state index in [2.05, 4.69) is 10.6 Å². The lowest BCUT2D eigenvalue weighted by Crippen LogP contribution is -2.45. The van der Waals surface area contributed by atoms with Crippen molar-refractivity contribution in [2.45, 2.75) is 32.4 Å². The van der Waals surface area contributed by atoms with Crippen LogP contribution in [0.25, 0.3) is 0 Å². The van der Waals surface area contributed by atoms with Crippen molar-refractivity contribution in [3.8, 4) is 0 Å². The van der Waals surface area contributed by atoms with Crippen LogP contribution in [0.2, 0.25) is 0 Å². The SMILES string of the molecule is CC(CCNC(=O)O)CC(=O)NC(COCc1ccccc1)C(=O)CO. The van der Waals surface area contributed by atoms with Crippen molar-refractivity contribution >= 4 is 17.8 Å². The van der Waals surface area contributed by atoms with Gasteiger partial charge in [-0.1, -0.05) is 37.3 Å². The number of amides is 2. The molecule has 2 unspecified atom stereocenters. The fourth-order valence-corrected chi connectivity index (χ4v) is 2.29. The van der Waals surface area contributed by atoms with E-state index in [0.29, 0.717) is 13.0 Å². The van der Waals surface area contributed by atoms with Gasteiger partial charge in [-0.05, 0) is 17.9 Å². The molecule has 0 spiro atoms. The molecule has 144 valence electrons. The summed E-state index contributed by atoms with van der Waals surface area (Å²) in [4.78, 5) is 34.3. The minimum absolute atomic E-state index is 0.0328. The van der Waals surface area contributed by atoms with Crippen LogP contribution in [0.5, 0.6) is 0 Å². The second kappa shape index (κ2) is 12.0. The number of nitrogens with one attached hydrogen (secondary N) is 2. The van der Waals surface area contributed by atoms with E-state index in [1.165, 1.54) is 0 Å². The largest absolute Gasteiger partial charge is 0.465 e. The Hall–Kier alpha value is -2.45. The summed E-state index contributed by atoms with van der Waals surface area (Å²) in [6, 6.07) is 8.48. The van der Waals surface area contributed by atoms with Crippen LogP contribution in [-0.2, 0) is 20.9 Å². The average molecular weight is 366 g/mol. The Bertz CT molecular complexity index is 578. The molecule has 0 fully saturated rings. The van der Waals surface area contributed by atoms with E-state index in [9.17, 15) is 14.4 Å². The molecule has 8 nitrogen and oxygen atoms in total. The topological polar surface area (TPSA) is 125 Å². The van der Waals surface area contributed by atoms with Crippen molar-refractivity contribution in [2.75, 3.05) is 19.8 Å². The van der Waals surface area contributed by atoms with Crippen molar-refractivity contribution in [1.29, 1.82) is 0 Å². The number of benzene rings is 1. The molecule has 2 atom stereocenters. The highest BCUT2D eigenvalue weighted by Gasteiger charge is 2.21. The molecule has 0 aliphatic carbocycles. The number of carbonyl (C=O) groups excluding carboxylic acids is 2. The molecule has 0 aromatic heterocycles. The fourth-order valence-electron chi connectivity index (χ4n) is 2.29. The van der Waals surface area contributed by atoms with E-state index in [0.717, 1.165) is 5.56 Å². The fraction of sp³-hybridized carbons (Fsp3) is 0.500. The van der Waals surface area contributed by atoms with Gasteiger partial charge in [0.25, 0.3) is 0 Å². The monoisotopic (exact) mass is 366 g/mol. The summed E-state index contributed by atoms with van der Waals surface area (Å²) in [6.07, 6.45) is -0.455. The Morgan fingerprint density at radius 2 is 1.88 bits per heavy atom. The van der Waals surface area contributed by atoms with Crippen molar-refractivity contribution in [2.24, 2.45) is 5.92 Å². The summed E-state index contributed by atoms with van der Waals surface area (Å²) < 4.78 is 5.48. The first-order valence-electron chi connectivity index (χ1n) is 8.43. The number of Topliss-reactive ketones (excluding diaryl/α,β-unsaturated/α-hetero) is 1. The Morgan fingerprint density at radius 1 is 1.19 bits per heavy atom. The van der Waals surface area contributed by atoms with Crippen LogP contribution >= 0.6 is 0 Å². The van der Waals surface area contributed by atoms with Gasteiger partial charge in [0.1, 0.15) is 12.6 Å². The van der Waals surface area contributed by atoms with Crippen LogP contribution < -0.4 is 10.6 Å². The third-order valence-electron chi connectivity index (χ3n) is 3.72. The van der Waals surface area contributed by atoms with E-state index in [-0.39, 0.29) is 31.4 Å². The van der Waals surface area contributed by atoms with E-state index in [1.54, 1.807) is 0 Å². The van der Waals surface area contributed by atoms with Gasteiger partial charge in [-0.25, -0.2) is 4.79 Å². The highest BCUT2D eigenvalue weighted by Crippen LogP contribution is 2.07. The second-order valence-electron chi connectivity index (χ2n) is 6.08. The Morgan fingerprint density at radius 3 is 2.50 bits per heavy atom. The van der Waals surface area contributed by atoms with Gasteiger partial charge >= 0.3 is 6.09 Å². The van der Waals surface area contributed by atoms with Gasteiger partial charge in [-0.3, -0.25) is 9.59 Å². The molecule has 0 heterocycles. The molecule has 0 aliphatic heterocycles. The molecule has 0 saturated heterocycles. The summed E-state index contributed by atoms with van der Waals surface area (Å²) in [5.74, 6) is -0.925. The molecule has 0 aliphatic rings. The first-order chi connectivity index (χ1) is 12.4. The lowest BCUT2D eigenvalue weighted by atomic mass is 10.0. The average Bonchev–Trinajstić information content (AvgIpc) is 2.60. The Labute approximate surface area is 152 Å². The summed E-state index contributed by atoms with van der Waals surface area (Å²) in [5.41, 5.74) is 0.938. The molecule has 0 bridgehead atoms. The van der Waals surface area contributed by atoms with E-state index in [4.69, 9.17) is 14.9 Å². The smallest absolute Gasteiger partial charge is 0.404 e. The number of carbonyl (C=O) groups is 3. The maximum atomic E-state index is 12.1.